The molecule has 1 amide bonds. The van der Waals surface area contributed by atoms with Crippen LogP contribution in [0.2, 0.25) is 0 Å². The van der Waals surface area contributed by atoms with E-state index in [-0.39, 0.29) is 63.3 Å². The molecule has 0 spiro atoms. The highest BCUT2D eigenvalue weighted by Gasteiger charge is 2.40. The number of ether oxygens (including phenoxy) is 1. The predicted molar refractivity (Wildman–Crippen MR) is 172 cm³/mol. The number of thioether (sulfide) groups is 1. The van der Waals surface area contributed by atoms with Gasteiger partial charge in [0.05, 0.1) is 22.1 Å². The van der Waals surface area contributed by atoms with Crippen molar-refractivity contribution in [2.24, 2.45) is 0 Å². The van der Waals surface area contributed by atoms with Crippen LogP contribution < -0.4 is 15.3 Å². The number of hydrogen-bond acceptors (Lipinski definition) is 7. The maximum absolute atomic E-state index is 15.5. The number of aromatic nitrogens is 3. The summed E-state index contributed by atoms with van der Waals surface area (Å²) in [5, 5.41) is 0.0196. The summed E-state index contributed by atoms with van der Waals surface area (Å²) in [5.74, 6) is -2.16. The Morgan fingerprint density at radius 1 is 1.11 bits per heavy atom. The van der Waals surface area contributed by atoms with Gasteiger partial charge in [-0.25, -0.2) is 18.6 Å². The van der Waals surface area contributed by atoms with Crippen molar-refractivity contribution in [3.8, 4) is 17.0 Å². The van der Waals surface area contributed by atoms with E-state index in [2.05, 4.69) is 32.5 Å². The molecule has 0 N–H and O–H groups in total. The van der Waals surface area contributed by atoms with E-state index in [1.54, 1.807) is 41.8 Å². The third-order valence-corrected chi connectivity index (χ3v) is 9.99. The molecule has 2 aliphatic heterocycles. The molecule has 0 saturated carbocycles. The zero-order valence-electron chi connectivity index (χ0n) is 25.0. The molecule has 2 aromatic heterocycles. The molecule has 6 rings (SSSR count). The third-order valence-electron chi connectivity index (χ3n) is 8.16. The largest absolute Gasteiger partial charge is 0.472 e. The lowest BCUT2D eigenvalue weighted by Gasteiger charge is -2.44. The van der Waals surface area contributed by atoms with Crippen molar-refractivity contribution in [2.45, 2.75) is 49.7 Å². The van der Waals surface area contributed by atoms with Crippen molar-refractivity contribution < 1.29 is 31.5 Å². The summed E-state index contributed by atoms with van der Waals surface area (Å²) in [6.45, 7) is 7.39. The summed E-state index contributed by atoms with van der Waals surface area (Å²) in [5.41, 5.74) is -2.83. The highest BCUT2D eigenvalue weighted by molar-refractivity contribution is 9.10. The highest BCUT2D eigenvalue weighted by atomic mass is 79.9. The fourth-order valence-electron chi connectivity index (χ4n) is 6.28. The molecule has 4 aromatic rings. The fraction of sp³-hybridized carbons (Fsp3) is 0.312. The number of benzene rings is 2. The summed E-state index contributed by atoms with van der Waals surface area (Å²) in [6.07, 6.45) is -3.01. The molecule has 0 unspecified atom stereocenters. The van der Waals surface area contributed by atoms with Gasteiger partial charge < -0.3 is 14.5 Å². The minimum Gasteiger partial charge on any atom is -0.472 e. The van der Waals surface area contributed by atoms with Gasteiger partial charge in [-0.05, 0) is 54.1 Å². The van der Waals surface area contributed by atoms with Gasteiger partial charge in [0, 0.05) is 70.7 Å². The van der Waals surface area contributed by atoms with Gasteiger partial charge in [0.1, 0.15) is 23.6 Å². The van der Waals surface area contributed by atoms with Crippen LogP contribution in [0.1, 0.15) is 19.4 Å². The number of alkyl halides is 3. The summed E-state index contributed by atoms with van der Waals surface area (Å²) in [4.78, 5) is 38.2. The number of hydrogen-bond donors (Lipinski definition) is 0. The van der Waals surface area contributed by atoms with Crippen molar-refractivity contribution in [2.75, 3.05) is 23.7 Å². The zero-order valence-corrected chi connectivity index (χ0v) is 27.4. The molecular formula is C32H27BrF5N5O3S. The van der Waals surface area contributed by atoms with E-state index < -0.39 is 58.4 Å². The summed E-state index contributed by atoms with van der Waals surface area (Å²) in [7, 11) is 0. The Balaban J connectivity index is 1.62. The first-order valence-corrected chi connectivity index (χ1v) is 16.3. The van der Waals surface area contributed by atoms with Gasteiger partial charge in [-0.3, -0.25) is 9.36 Å². The van der Waals surface area contributed by atoms with Crippen LogP contribution in [0.3, 0.4) is 0 Å². The quantitative estimate of drug-likeness (QED) is 0.129. The van der Waals surface area contributed by atoms with E-state index in [1.165, 1.54) is 16.8 Å². The van der Waals surface area contributed by atoms with Crippen LogP contribution in [0.4, 0.5) is 27.8 Å². The van der Waals surface area contributed by atoms with E-state index in [1.807, 2.05) is 0 Å². The molecule has 2 aromatic carbocycles. The van der Waals surface area contributed by atoms with Crippen molar-refractivity contribution in [1.82, 2.24) is 19.4 Å². The molecule has 246 valence electrons. The summed E-state index contributed by atoms with van der Waals surface area (Å²) >= 11 is 3.96. The Kier molecular flexibility index (Phi) is 8.81. The Morgan fingerprint density at radius 2 is 1.83 bits per heavy atom. The third kappa shape index (κ3) is 6.10. The normalized spacial score (nSPS) is 19.9. The zero-order chi connectivity index (χ0) is 33.8. The van der Waals surface area contributed by atoms with Gasteiger partial charge >= 0.3 is 11.9 Å². The molecule has 1 fully saturated rings. The van der Waals surface area contributed by atoms with Gasteiger partial charge in [-0.15, -0.1) is 11.8 Å². The number of anilines is 1. The predicted octanol–water partition coefficient (Wildman–Crippen LogP) is 6.68. The van der Waals surface area contributed by atoms with Crippen LogP contribution in [0.15, 0.2) is 69.4 Å². The maximum Gasteiger partial charge on any atom is 0.417 e. The second-order valence-electron chi connectivity index (χ2n) is 11.4. The number of halogens is 6. The van der Waals surface area contributed by atoms with Crippen LogP contribution >= 0.6 is 27.7 Å². The Morgan fingerprint density at radius 3 is 2.47 bits per heavy atom. The number of carbonyl (C=O) groups excluding carboxylic acids is 1. The SMILES string of the molecule is C=CC(=O)N1[C@H](C)CN(c2nc(=O)n3c4c(c(-c5cc(Br)c(F)cc5F)c(C(F)(F)F)cc24)SC[C@@H](Oc2ccccn2)C3)C[C@@H]1C. The van der Waals surface area contributed by atoms with Gasteiger partial charge in [0.25, 0.3) is 0 Å². The first kappa shape index (κ1) is 32.9. The number of rotatable bonds is 5. The molecule has 4 heterocycles. The number of nitrogens with zero attached hydrogens (tertiary/aromatic N) is 5. The number of amides is 1. The fourth-order valence-corrected chi connectivity index (χ4v) is 7.87. The smallest absolute Gasteiger partial charge is 0.417 e. The van der Waals surface area contributed by atoms with Gasteiger partial charge in [0.2, 0.25) is 11.8 Å². The lowest BCUT2D eigenvalue weighted by Crippen LogP contribution is -2.58. The van der Waals surface area contributed by atoms with E-state index in [4.69, 9.17) is 4.74 Å². The molecule has 8 nitrogen and oxygen atoms in total. The van der Waals surface area contributed by atoms with Crippen molar-refractivity contribution in [3.05, 3.63) is 87.4 Å². The first-order valence-electron chi connectivity index (χ1n) is 14.5. The first-order chi connectivity index (χ1) is 22.3. The van der Waals surface area contributed by atoms with Crippen LogP contribution in [0.25, 0.3) is 22.0 Å². The Labute approximate surface area is 278 Å². The second kappa shape index (κ2) is 12.6. The lowest BCUT2D eigenvalue weighted by molar-refractivity contribution is -0.137. The molecule has 0 bridgehead atoms. The summed E-state index contributed by atoms with van der Waals surface area (Å²) < 4.78 is 81.9. The minimum absolute atomic E-state index is 0.00871. The summed E-state index contributed by atoms with van der Waals surface area (Å²) in [6, 6.07) is 6.58. The molecule has 0 radical (unpaired) electrons. The molecule has 47 heavy (non-hydrogen) atoms. The molecule has 15 heteroatoms. The highest BCUT2D eigenvalue weighted by Crippen LogP contribution is 2.49. The monoisotopic (exact) mass is 735 g/mol. The van der Waals surface area contributed by atoms with Crippen molar-refractivity contribution in [1.29, 1.82) is 0 Å². The maximum atomic E-state index is 15.5. The van der Waals surface area contributed by atoms with E-state index >= 15 is 17.6 Å². The topological polar surface area (TPSA) is 80.6 Å². The molecule has 2 aliphatic rings. The second-order valence-corrected chi connectivity index (χ2v) is 13.3. The van der Waals surface area contributed by atoms with E-state index in [0.29, 0.717) is 6.07 Å². The minimum atomic E-state index is -4.99. The molecular weight excluding hydrogens is 709 g/mol. The number of carbonyl (C=O) groups is 1. The molecule has 3 atom stereocenters. The van der Waals surface area contributed by atoms with E-state index in [9.17, 15) is 14.0 Å². The van der Waals surface area contributed by atoms with Crippen LogP contribution in [-0.4, -0.2) is 62.4 Å². The van der Waals surface area contributed by atoms with Crippen LogP contribution in [0.5, 0.6) is 5.88 Å². The average Bonchev–Trinajstić information content (AvgIpc) is 3.20. The van der Waals surface area contributed by atoms with Crippen LogP contribution in [0, 0.1) is 11.6 Å². The number of piperazine rings is 1. The Bertz CT molecular complexity index is 1950. The van der Waals surface area contributed by atoms with Gasteiger partial charge in [0.15, 0.2) is 0 Å². The van der Waals surface area contributed by atoms with Crippen molar-refractivity contribution >= 4 is 50.3 Å². The van der Waals surface area contributed by atoms with Crippen molar-refractivity contribution in [3.63, 3.8) is 0 Å². The van der Waals surface area contributed by atoms with Crippen LogP contribution in [-0.2, 0) is 17.5 Å². The Hall–Kier alpha value is -3.98. The lowest BCUT2D eigenvalue weighted by atomic mass is 9.95. The molecule has 1 saturated heterocycles. The average molecular weight is 737 g/mol. The van der Waals surface area contributed by atoms with Gasteiger partial charge in [-0.2, -0.15) is 18.2 Å². The standard InChI is InChI=1S/C32H27BrF5N5O3S/c1-4-26(44)43-16(2)12-41(13-17(43)3)30-20-9-21(32(36,37)38)27(19-10-22(33)24(35)11-23(19)34)29-28(20)42(31(45)40-30)14-18(15-47-29)46-25-7-5-6-8-39-25/h4-11,16-18H,1,12-15H2,2-3H3/t16-,17+,18-/m0/s1. The molecule has 0 aliphatic carbocycles. The van der Waals surface area contributed by atoms with Gasteiger partial charge in [-0.1, -0.05) is 12.6 Å². The van der Waals surface area contributed by atoms with E-state index in [0.717, 1.165) is 23.9 Å². The number of pyridine rings is 1.